The quantitative estimate of drug-likeness (QED) is 0.491. The first-order chi connectivity index (χ1) is 14.7. The number of aromatic nitrogens is 1. The van der Waals surface area contributed by atoms with Crippen LogP contribution in [-0.2, 0) is 4.74 Å². The molecule has 158 valence electrons. The van der Waals surface area contributed by atoms with Gasteiger partial charge >= 0.3 is 0 Å². The van der Waals surface area contributed by atoms with Crippen LogP contribution in [0.1, 0.15) is 17.3 Å². The third-order valence-electron chi connectivity index (χ3n) is 4.99. The van der Waals surface area contributed by atoms with Gasteiger partial charge in [-0.3, -0.25) is 14.6 Å². The third-order valence-corrected chi connectivity index (χ3v) is 6.73. The lowest BCUT2D eigenvalue weighted by atomic mass is 10.2. The number of hydrogen-bond acceptors (Lipinski definition) is 6. The van der Waals surface area contributed by atoms with Crippen LogP contribution in [0.15, 0.2) is 46.9 Å². The number of morpholine rings is 1. The lowest BCUT2D eigenvalue weighted by molar-refractivity contribution is 0.0391. The Bertz CT molecular complexity index is 1020. The molecule has 1 saturated heterocycles. The first kappa shape index (κ1) is 21.2. The summed E-state index contributed by atoms with van der Waals surface area (Å²) in [4.78, 5) is 22.4. The van der Waals surface area contributed by atoms with Crippen molar-refractivity contribution in [1.82, 2.24) is 9.88 Å². The molecular formula is C22H24BrN3O3S. The highest BCUT2D eigenvalue weighted by Gasteiger charge is 2.24. The predicted molar refractivity (Wildman–Crippen MR) is 124 cm³/mol. The minimum atomic E-state index is -0.0623. The fraction of sp³-hybridized carbons (Fsp3) is 0.364. The van der Waals surface area contributed by atoms with E-state index < -0.39 is 0 Å². The first-order valence-corrected chi connectivity index (χ1v) is 11.7. The van der Waals surface area contributed by atoms with Gasteiger partial charge in [-0.2, -0.15) is 0 Å². The number of fused-ring (bicyclic) bond motifs is 1. The topological polar surface area (TPSA) is 54.9 Å². The number of halogens is 1. The summed E-state index contributed by atoms with van der Waals surface area (Å²) < 4.78 is 13.0. The highest BCUT2D eigenvalue weighted by molar-refractivity contribution is 9.10. The van der Waals surface area contributed by atoms with Gasteiger partial charge < -0.3 is 9.47 Å². The molecule has 0 spiro atoms. The number of rotatable bonds is 7. The second kappa shape index (κ2) is 9.87. The molecule has 1 amide bonds. The molecule has 8 heteroatoms. The molecule has 2 aromatic carbocycles. The molecule has 0 bridgehead atoms. The van der Waals surface area contributed by atoms with E-state index in [0.29, 0.717) is 23.8 Å². The second-order valence-electron chi connectivity index (χ2n) is 6.92. The Hall–Kier alpha value is -2.00. The number of thiazole rings is 1. The molecule has 1 aromatic heterocycles. The summed E-state index contributed by atoms with van der Waals surface area (Å²) in [7, 11) is 0. The number of anilines is 1. The van der Waals surface area contributed by atoms with Crippen molar-refractivity contribution in [2.24, 2.45) is 0 Å². The highest BCUT2D eigenvalue weighted by atomic mass is 79.9. The maximum Gasteiger partial charge on any atom is 0.261 e. The van der Waals surface area contributed by atoms with E-state index >= 15 is 0 Å². The van der Waals surface area contributed by atoms with Crippen LogP contribution in [0.2, 0.25) is 0 Å². The largest absolute Gasteiger partial charge is 0.492 e. The van der Waals surface area contributed by atoms with Crippen LogP contribution >= 0.6 is 27.3 Å². The summed E-state index contributed by atoms with van der Waals surface area (Å²) in [6.45, 7) is 7.09. The summed E-state index contributed by atoms with van der Waals surface area (Å²) in [5.74, 6) is 0.687. The molecule has 0 N–H and O–H groups in total. The number of para-hydroxylation sites is 1. The minimum Gasteiger partial charge on any atom is -0.492 e. The third kappa shape index (κ3) is 4.67. The lowest BCUT2D eigenvalue weighted by Gasteiger charge is -2.29. The summed E-state index contributed by atoms with van der Waals surface area (Å²) in [6.07, 6.45) is 0. The van der Waals surface area contributed by atoms with Gasteiger partial charge in [0.1, 0.15) is 11.3 Å². The van der Waals surface area contributed by atoms with Crippen LogP contribution in [0.3, 0.4) is 0 Å². The summed E-state index contributed by atoms with van der Waals surface area (Å²) >= 11 is 5.04. The van der Waals surface area contributed by atoms with Crippen LogP contribution in [-0.4, -0.2) is 61.8 Å². The molecule has 30 heavy (non-hydrogen) atoms. The molecule has 0 atom stereocenters. The van der Waals surface area contributed by atoms with E-state index in [4.69, 9.17) is 14.5 Å². The van der Waals surface area contributed by atoms with E-state index in [1.165, 1.54) is 11.3 Å². The Morgan fingerprint density at radius 2 is 2.03 bits per heavy atom. The maximum absolute atomic E-state index is 13.5. The molecule has 0 saturated carbocycles. The molecule has 1 fully saturated rings. The van der Waals surface area contributed by atoms with Gasteiger partial charge in [-0.25, -0.2) is 4.98 Å². The van der Waals surface area contributed by atoms with Gasteiger partial charge in [-0.1, -0.05) is 29.5 Å². The van der Waals surface area contributed by atoms with Crippen LogP contribution < -0.4 is 9.64 Å². The van der Waals surface area contributed by atoms with Gasteiger partial charge in [-0.15, -0.1) is 0 Å². The molecule has 6 nitrogen and oxygen atoms in total. The normalized spacial score (nSPS) is 14.7. The molecule has 2 heterocycles. The van der Waals surface area contributed by atoms with E-state index in [1.807, 2.05) is 49.4 Å². The summed E-state index contributed by atoms with van der Waals surface area (Å²) in [6, 6.07) is 13.4. The van der Waals surface area contributed by atoms with Crippen molar-refractivity contribution >= 4 is 48.5 Å². The maximum atomic E-state index is 13.5. The number of nitrogens with zero attached hydrogens (tertiary/aromatic N) is 3. The average molecular weight is 490 g/mol. The fourth-order valence-electron chi connectivity index (χ4n) is 3.43. The van der Waals surface area contributed by atoms with Gasteiger partial charge in [0.15, 0.2) is 5.13 Å². The molecule has 1 aliphatic rings. The number of carbonyl (C=O) groups excluding carboxylic acids is 1. The van der Waals surface area contributed by atoms with Gasteiger partial charge in [0.2, 0.25) is 0 Å². The van der Waals surface area contributed by atoms with Gasteiger partial charge in [0.25, 0.3) is 5.91 Å². The van der Waals surface area contributed by atoms with Crippen molar-refractivity contribution in [2.45, 2.75) is 6.92 Å². The highest BCUT2D eigenvalue weighted by Crippen LogP contribution is 2.35. The van der Waals surface area contributed by atoms with E-state index in [-0.39, 0.29) is 5.91 Å². The molecule has 0 aliphatic carbocycles. The van der Waals surface area contributed by atoms with Crippen molar-refractivity contribution in [3.63, 3.8) is 0 Å². The van der Waals surface area contributed by atoms with Crippen LogP contribution in [0.25, 0.3) is 10.2 Å². The van der Waals surface area contributed by atoms with Crippen LogP contribution in [0.4, 0.5) is 5.13 Å². The number of carbonyl (C=O) groups is 1. The first-order valence-electron chi connectivity index (χ1n) is 10.1. The van der Waals surface area contributed by atoms with Crippen molar-refractivity contribution in [1.29, 1.82) is 0 Å². The zero-order valence-electron chi connectivity index (χ0n) is 16.8. The van der Waals surface area contributed by atoms with Gasteiger partial charge in [0.05, 0.1) is 30.1 Å². The standard InChI is InChI=1S/C22H24BrN3O3S/c1-2-29-18-8-5-9-19-20(18)24-22(30-19)26(11-10-25-12-14-28-15-13-25)21(27)16-6-3-4-7-17(16)23/h3-9H,2,10-15H2,1H3. The smallest absolute Gasteiger partial charge is 0.261 e. The van der Waals surface area contributed by atoms with Crippen molar-refractivity contribution < 1.29 is 14.3 Å². The van der Waals surface area contributed by atoms with Gasteiger partial charge in [0, 0.05) is 30.7 Å². The monoisotopic (exact) mass is 489 g/mol. The zero-order valence-corrected chi connectivity index (χ0v) is 19.2. The Morgan fingerprint density at radius 1 is 1.23 bits per heavy atom. The Kier molecular flexibility index (Phi) is 6.99. The van der Waals surface area contributed by atoms with Crippen LogP contribution in [0, 0.1) is 0 Å². The lowest BCUT2D eigenvalue weighted by Crippen LogP contribution is -2.43. The van der Waals surface area contributed by atoms with Crippen molar-refractivity contribution in [2.75, 3.05) is 50.9 Å². The van der Waals surface area contributed by atoms with E-state index in [1.54, 1.807) is 4.90 Å². The Balaban J connectivity index is 1.67. The molecule has 1 aliphatic heterocycles. The Labute approximate surface area is 188 Å². The molecule has 4 rings (SSSR count). The Morgan fingerprint density at radius 3 is 2.80 bits per heavy atom. The zero-order chi connectivity index (χ0) is 20.9. The van der Waals surface area contributed by atoms with Crippen LogP contribution in [0.5, 0.6) is 5.75 Å². The average Bonchev–Trinajstić information content (AvgIpc) is 3.20. The summed E-state index contributed by atoms with van der Waals surface area (Å²) in [5.41, 5.74) is 1.43. The van der Waals surface area contributed by atoms with E-state index in [0.717, 1.165) is 53.3 Å². The van der Waals surface area contributed by atoms with Crippen molar-refractivity contribution in [3.8, 4) is 5.75 Å². The SMILES string of the molecule is CCOc1cccc2sc(N(CCN3CCOCC3)C(=O)c3ccccc3Br)nc12. The number of amides is 1. The minimum absolute atomic E-state index is 0.0623. The molecular weight excluding hydrogens is 466 g/mol. The number of benzene rings is 2. The number of hydrogen-bond donors (Lipinski definition) is 0. The number of ether oxygens (including phenoxy) is 2. The van der Waals surface area contributed by atoms with Gasteiger partial charge in [-0.05, 0) is 47.1 Å². The molecule has 0 unspecified atom stereocenters. The fourth-order valence-corrected chi connectivity index (χ4v) is 4.89. The predicted octanol–water partition coefficient (Wildman–Crippen LogP) is 4.44. The summed E-state index contributed by atoms with van der Waals surface area (Å²) in [5, 5.41) is 0.686. The molecule has 0 radical (unpaired) electrons. The molecule has 3 aromatic rings. The second-order valence-corrected chi connectivity index (χ2v) is 8.79. The van der Waals surface area contributed by atoms with E-state index in [2.05, 4.69) is 20.8 Å². The van der Waals surface area contributed by atoms with E-state index in [9.17, 15) is 4.79 Å². The van der Waals surface area contributed by atoms with Crippen molar-refractivity contribution in [3.05, 3.63) is 52.5 Å².